The number of nitrogens with one attached hydrogen (secondary N) is 1. The minimum Gasteiger partial charge on any atom is -0.324 e. The predicted octanol–water partition coefficient (Wildman–Crippen LogP) is 4.45. The maximum atomic E-state index is 13.3. The van der Waals surface area contributed by atoms with Gasteiger partial charge in [-0.1, -0.05) is 50.0 Å². The van der Waals surface area contributed by atoms with Crippen LogP contribution in [0.4, 0.5) is 5.69 Å². The van der Waals surface area contributed by atoms with Crippen LogP contribution >= 0.6 is 11.3 Å². The van der Waals surface area contributed by atoms with Crippen molar-refractivity contribution in [2.75, 3.05) is 5.32 Å². The van der Waals surface area contributed by atoms with Crippen molar-refractivity contribution in [2.24, 2.45) is 17.8 Å². The summed E-state index contributed by atoms with van der Waals surface area (Å²) in [4.78, 5) is 41.6. The maximum Gasteiger partial charge on any atom is 0.247 e. The number of rotatable bonds is 5. The average molecular weight is 447 g/mol. The van der Waals surface area contributed by atoms with E-state index in [4.69, 9.17) is 0 Å². The summed E-state index contributed by atoms with van der Waals surface area (Å²) < 4.78 is 0. The molecule has 3 amide bonds. The number of thiophene rings is 1. The Bertz CT molecular complexity index is 1080. The summed E-state index contributed by atoms with van der Waals surface area (Å²) in [5.74, 6) is 4.90. The minimum absolute atomic E-state index is 0.148. The van der Waals surface area contributed by atoms with E-state index in [1.165, 1.54) is 4.90 Å². The molecule has 32 heavy (non-hydrogen) atoms. The van der Waals surface area contributed by atoms with Crippen LogP contribution in [0.5, 0.6) is 0 Å². The second-order valence-corrected chi connectivity index (χ2v) is 9.59. The lowest BCUT2D eigenvalue weighted by atomic mass is 9.85. The number of fused-ring (bicyclic) bond motifs is 1. The normalized spacial score (nSPS) is 20.7. The first kappa shape index (κ1) is 22.0. The molecule has 2 aliphatic rings. The molecular weight excluding hydrogens is 420 g/mol. The molecule has 1 aliphatic carbocycles. The molecule has 4 rings (SSSR count). The van der Waals surface area contributed by atoms with Crippen molar-refractivity contribution in [3.63, 3.8) is 0 Å². The van der Waals surface area contributed by atoms with Gasteiger partial charge >= 0.3 is 0 Å². The molecular formula is C26H26N2O3S. The number of carbonyl (C=O) groups excluding carboxylic acids is 3. The molecule has 0 spiro atoms. The van der Waals surface area contributed by atoms with E-state index in [0.717, 1.165) is 10.4 Å². The van der Waals surface area contributed by atoms with Gasteiger partial charge in [-0.3, -0.25) is 19.3 Å². The molecule has 5 nitrogen and oxygen atoms in total. The Hall–Kier alpha value is -3.17. The lowest BCUT2D eigenvalue weighted by molar-refractivity contribution is -0.147. The van der Waals surface area contributed by atoms with Gasteiger partial charge in [0.1, 0.15) is 6.04 Å². The van der Waals surface area contributed by atoms with Crippen molar-refractivity contribution in [3.8, 4) is 11.8 Å². The first-order chi connectivity index (χ1) is 15.4. The molecule has 1 aromatic heterocycles. The summed E-state index contributed by atoms with van der Waals surface area (Å²) >= 11 is 1.57. The summed E-state index contributed by atoms with van der Waals surface area (Å²) in [5, 5.41) is 4.89. The molecule has 0 bridgehead atoms. The van der Waals surface area contributed by atoms with Gasteiger partial charge in [-0.05, 0) is 54.8 Å². The number of anilines is 1. The predicted molar refractivity (Wildman–Crippen MR) is 126 cm³/mol. The molecule has 1 saturated heterocycles. The van der Waals surface area contributed by atoms with Crippen molar-refractivity contribution >= 4 is 34.7 Å². The number of carbonyl (C=O) groups is 3. The van der Waals surface area contributed by atoms with Crippen LogP contribution in [0.25, 0.3) is 0 Å². The Morgan fingerprint density at radius 1 is 1.09 bits per heavy atom. The Labute approximate surface area is 192 Å². The van der Waals surface area contributed by atoms with Crippen LogP contribution in [-0.2, 0) is 14.4 Å². The highest BCUT2D eigenvalue weighted by molar-refractivity contribution is 7.10. The first-order valence-electron chi connectivity index (χ1n) is 10.9. The van der Waals surface area contributed by atoms with Crippen LogP contribution in [0.3, 0.4) is 0 Å². The average Bonchev–Trinajstić information content (AvgIpc) is 3.38. The Kier molecular flexibility index (Phi) is 6.57. The van der Waals surface area contributed by atoms with Crippen molar-refractivity contribution in [2.45, 2.75) is 39.2 Å². The second-order valence-electron chi connectivity index (χ2n) is 8.64. The first-order valence-corrected chi connectivity index (χ1v) is 11.8. The molecule has 2 aromatic rings. The number of hydrogen-bond acceptors (Lipinski definition) is 4. The van der Waals surface area contributed by atoms with E-state index < -0.39 is 6.04 Å². The number of allylic oxidation sites excluding steroid dienone is 2. The molecule has 2 heterocycles. The topological polar surface area (TPSA) is 66.5 Å². The third-order valence-corrected chi connectivity index (χ3v) is 6.62. The van der Waals surface area contributed by atoms with Crippen LogP contribution in [-0.4, -0.2) is 28.7 Å². The molecule has 1 aromatic carbocycles. The van der Waals surface area contributed by atoms with Gasteiger partial charge in [0.05, 0.1) is 16.7 Å². The van der Waals surface area contributed by atoms with E-state index in [1.807, 2.05) is 61.7 Å². The van der Waals surface area contributed by atoms with E-state index in [0.29, 0.717) is 24.9 Å². The molecule has 3 atom stereocenters. The molecule has 1 N–H and O–H groups in total. The number of nitrogens with zero attached hydrogens (tertiary/aromatic N) is 1. The molecule has 1 fully saturated rings. The molecule has 0 radical (unpaired) electrons. The van der Waals surface area contributed by atoms with Crippen LogP contribution in [0.1, 0.15) is 43.6 Å². The van der Waals surface area contributed by atoms with Crippen molar-refractivity contribution in [1.29, 1.82) is 0 Å². The highest BCUT2D eigenvalue weighted by Gasteiger charge is 2.51. The summed E-state index contributed by atoms with van der Waals surface area (Å²) in [5.41, 5.74) is 1.38. The second kappa shape index (κ2) is 9.54. The lowest BCUT2D eigenvalue weighted by Gasteiger charge is -2.27. The molecule has 3 unspecified atom stereocenters. The summed E-state index contributed by atoms with van der Waals surface area (Å²) in [7, 11) is 0. The van der Waals surface area contributed by atoms with Gasteiger partial charge in [-0.25, -0.2) is 0 Å². The third kappa shape index (κ3) is 4.68. The van der Waals surface area contributed by atoms with Gasteiger partial charge < -0.3 is 5.32 Å². The van der Waals surface area contributed by atoms with Gasteiger partial charge in [-0.15, -0.1) is 11.3 Å². The van der Waals surface area contributed by atoms with Crippen LogP contribution < -0.4 is 5.32 Å². The fourth-order valence-electron chi connectivity index (χ4n) is 4.29. The van der Waals surface area contributed by atoms with Gasteiger partial charge in [-0.2, -0.15) is 0 Å². The quantitative estimate of drug-likeness (QED) is 0.419. The van der Waals surface area contributed by atoms with E-state index >= 15 is 0 Å². The third-order valence-electron chi connectivity index (χ3n) is 5.83. The highest BCUT2D eigenvalue weighted by Crippen LogP contribution is 2.37. The number of imide groups is 1. The fourth-order valence-corrected chi connectivity index (χ4v) is 4.86. The van der Waals surface area contributed by atoms with Gasteiger partial charge in [0.25, 0.3) is 0 Å². The van der Waals surface area contributed by atoms with Crippen LogP contribution in [0, 0.1) is 29.6 Å². The van der Waals surface area contributed by atoms with Gasteiger partial charge in [0, 0.05) is 11.3 Å². The van der Waals surface area contributed by atoms with Crippen molar-refractivity contribution < 1.29 is 14.4 Å². The standard InChI is InChI=1S/C26H26N2O3S/c1-17(2)15-23(28-25(30)21-10-3-4-11-22(21)26(28)31)24(29)27-19-8-5-7-18(16-19)12-13-20-9-6-14-32-20/h3-9,14,16-17,21-23H,10-11,15H2,1-2H3,(H,27,29). The SMILES string of the molecule is CC(C)CC(C(=O)Nc1cccc(C#Cc2cccs2)c1)N1C(=O)C2CC=CCC2C1=O. The molecule has 0 saturated carbocycles. The van der Waals surface area contributed by atoms with E-state index in [9.17, 15) is 14.4 Å². The van der Waals surface area contributed by atoms with E-state index in [-0.39, 0.29) is 35.5 Å². The van der Waals surface area contributed by atoms with E-state index in [2.05, 4.69) is 17.2 Å². The zero-order valence-electron chi connectivity index (χ0n) is 18.2. The number of likely N-dealkylation sites (tertiary alicyclic amines) is 1. The minimum atomic E-state index is -0.818. The van der Waals surface area contributed by atoms with Gasteiger partial charge in [0.15, 0.2) is 0 Å². The molecule has 6 heteroatoms. The Morgan fingerprint density at radius 3 is 2.44 bits per heavy atom. The summed E-state index contributed by atoms with van der Waals surface area (Å²) in [6.45, 7) is 3.97. The molecule has 1 aliphatic heterocycles. The summed E-state index contributed by atoms with van der Waals surface area (Å²) in [6.07, 6.45) is 5.46. The zero-order chi connectivity index (χ0) is 22.7. The van der Waals surface area contributed by atoms with Crippen molar-refractivity contribution in [1.82, 2.24) is 4.90 Å². The van der Waals surface area contributed by atoms with E-state index in [1.54, 1.807) is 17.4 Å². The fraction of sp³-hybridized carbons (Fsp3) is 0.346. The molecule has 164 valence electrons. The summed E-state index contributed by atoms with van der Waals surface area (Å²) in [6, 6.07) is 10.4. The smallest absolute Gasteiger partial charge is 0.247 e. The maximum absolute atomic E-state index is 13.3. The van der Waals surface area contributed by atoms with Crippen LogP contribution in [0.2, 0.25) is 0 Å². The zero-order valence-corrected chi connectivity index (χ0v) is 19.0. The largest absolute Gasteiger partial charge is 0.324 e. The van der Waals surface area contributed by atoms with Gasteiger partial charge in [0.2, 0.25) is 17.7 Å². The number of benzene rings is 1. The Balaban J connectivity index is 1.54. The number of amides is 3. The lowest BCUT2D eigenvalue weighted by Crippen LogP contribution is -2.48. The number of hydrogen-bond donors (Lipinski definition) is 1. The highest BCUT2D eigenvalue weighted by atomic mass is 32.1. The van der Waals surface area contributed by atoms with Crippen molar-refractivity contribution in [3.05, 3.63) is 64.4 Å². The Morgan fingerprint density at radius 2 is 1.81 bits per heavy atom. The monoisotopic (exact) mass is 446 g/mol. The van der Waals surface area contributed by atoms with Crippen LogP contribution in [0.15, 0.2) is 53.9 Å².